The molecule has 0 saturated heterocycles. The van der Waals surface area contributed by atoms with Gasteiger partial charge in [-0.1, -0.05) is 35.0 Å². The van der Waals surface area contributed by atoms with Crippen LogP contribution in [0.15, 0.2) is 24.3 Å². The lowest BCUT2D eigenvalue weighted by Gasteiger charge is -2.59. The molecule has 94 valence electrons. The number of hydrogen-bond acceptors (Lipinski definition) is 3. The van der Waals surface area contributed by atoms with Crippen LogP contribution in [-0.2, 0) is 10.3 Å². The van der Waals surface area contributed by atoms with Crippen LogP contribution < -0.4 is 5.73 Å². The number of benzene rings is 1. The second kappa shape index (κ2) is 4.69. The number of hydrogen-bond donors (Lipinski definition) is 2. The van der Waals surface area contributed by atoms with Gasteiger partial charge in [-0.05, 0) is 18.1 Å². The van der Waals surface area contributed by atoms with Crippen molar-refractivity contribution in [1.29, 1.82) is 0 Å². The molecule has 3 N–H and O–H groups in total. The summed E-state index contributed by atoms with van der Waals surface area (Å²) in [5.41, 5.74) is 4.35. The summed E-state index contributed by atoms with van der Waals surface area (Å²) in [6.45, 7) is 0. The van der Waals surface area contributed by atoms with E-state index >= 15 is 0 Å². The van der Waals surface area contributed by atoms with Gasteiger partial charge in [-0.25, -0.2) is 0 Å². The van der Waals surface area contributed by atoms with E-state index in [-0.39, 0.29) is 17.0 Å². The third-order valence-corrected chi connectivity index (χ3v) is 4.27. The second-order valence-corrected chi connectivity index (χ2v) is 5.69. The lowest BCUT2D eigenvalue weighted by atomic mass is 9.21. The molecule has 2 unspecified atom stereocenters. The van der Waals surface area contributed by atoms with E-state index in [9.17, 15) is 9.90 Å². The van der Waals surface area contributed by atoms with Crippen molar-refractivity contribution in [3.05, 3.63) is 34.9 Å². The minimum atomic E-state index is -1.99. The highest BCUT2D eigenvalue weighted by Gasteiger charge is 2.60. The molecule has 0 amide bonds. The van der Waals surface area contributed by atoms with E-state index in [0.29, 0.717) is 0 Å². The van der Waals surface area contributed by atoms with Crippen molar-refractivity contribution in [1.82, 2.24) is 0 Å². The van der Waals surface area contributed by atoms with Crippen LogP contribution in [0.5, 0.6) is 0 Å². The molecule has 3 nitrogen and oxygen atoms in total. The molecule has 20 heavy (non-hydrogen) atoms. The van der Waals surface area contributed by atoms with Gasteiger partial charge < -0.3 is 10.8 Å². The van der Waals surface area contributed by atoms with Crippen molar-refractivity contribution in [3.8, 4) is 0 Å². The minimum absolute atomic E-state index is 0.177. The highest BCUT2D eigenvalue weighted by atomic mass is 35.5. The van der Waals surface area contributed by atoms with Crippen LogP contribution in [0.4, 0.5) is 0 Å². The van der Waals surface area contributed by atoms with Gasteiger partial charge in [0.05, 0.1) is 36.9 Å². The number of Topliss-reactive ketones (excluding diaryl/α,β-unsaturated/α-hetero) is 1. The van der Waals surface area contributed by atoms with Gasteiger partial charge in [-0.2, -0.15) is 0 Å². The zero-order valence-electron chi connectivity index (χ0n) is 10.7. The normalized spacial score (nSPS) is 31.9. The van der Waals surface area contributed by atoms with Gasteiger partial charge in [0.1, 0.15) is 6.10 Å². The van der Waals surface area contributed by atoms with Crippen molar-refractivity contribution in [2.24, 2.45) is 5.73 Å². The van der Waals surface area contributed by atoms with E-state index in [2.05, 4.69) is 0 Å². The largest absolute Gasteiger partial charge is 0.385 e. The minimum Gasteiger partial charge on any atom is -0.385 e. The highest BCUT2D eigenvalue weighted by molar-refractivity contribution is 6.56. The number of rotatable bonds is 1. The Hall–Kier alpha value is -0.640. The zero-order valence-corrected chi connectivity index (χ0v) is 11.5. The molecule has 0 aliphatic heterocycles. The molecule has 1 aliphatic carbocycles. The molecule has 0 aromatic heterocycles. The van der Waals surface area contributed by atoms with Crippen LogP contribution in [-0.4, -0.2) is 48.4 Å². The number of halogens is 1. The van der Waals surface area contributed by atoms with E-state index in [1.165, 1.54) is 12.1 Å². The van der Waals surface area contributed by atoms with Crippen LogP contribution in [0.3, 0.4) is 0 Å². The first kappa shape index (κ1) is 15.7. The van der Waals surface area contributed by atoms with E-state index in [0.717, 1.165) is 0 Å². The number of ketones is 1. The Labute approximate surface area is 128 Å². The zero-order chi connectivity index (χ0) is 15.3. The summed E-state index contributed by atoms with van der Waals surface area (Å²) in [6.07, 6.45) is -1.76. The predicted octanol–water partition coefficient (Wildman–Crippen LogP) is -0.266. The average Bonchev–Trinajstić information content (AvgIpc) is 2.35. The van der Waals surface area contributed by atoms with Crippen LogP contribution >= 0.6 is 11.6 Å². The third kappa shape index (κ3) is 1.91. The average molecular weight is 279 g/mol. The van der Waals surface area contributed by atoms with Gasteiger partial charge in [-0.15, -0.1) is 5.21 Å². The molecule has 8 heteroatoms. The van der Waals surface area contributed by atoms with Crippen LogP contribution in [0, 0.1) is 0 Å². The molecule has 1 aromatic carbocycles. The Morgan fingerprint density at radius 3 is 2.35 bits per heavy atom. The fraction of sp³-hybridized carbons (Fsp3) is 0.417. The van der Waals surface area contributed by atoms with Crippen molar-refractivity contribution in [3.63, 3.8) is 0 Å². The van der Waals surface area contributed by atoms with Crippen LogP contribution in [0.2, 0.25) is 15.5 Å². The summed E-state index contributed by atoms with van der Waals surface area (Å²) < 4.78 is 0. The lowest BCUT2D eigenvalue weighted by molar-refractivity contribution is -0.137. The smallest absolute Gasteiger partial charge is 0.184 e. The molecule has 0 bridgehead atoms. The number of carbonyl (C=O) groups is 1. The molecule has 1 fully saturated rings. The number of nitrogens with two attached hydrogens (primary N) is 1. The molecule has 2 rings (SSSR count). The maximum absolute atomic E-state index is 12.4. The molecule has 0 heterocycles. The monoisotopic (exact) mass is 279 g/mol. The quantitative estimate of drug-likeness (QED) is 0.696. The first-order valence-electron chi connectivity index (χ1n) is 5.97. The molecule has 0 spiro atoms. The Bertz CT molecular complexity index is 566. The van der Waals surface area contributed by atoms with Gasteiger partial charge in [0.15, 0.2) is 5.78 Å². The standard InChI is InChI=1S/C12H10B4ClNO2/c13-10(14)5-8(19)9(20)11(18,12(10,15)16)6-3-1-2-4-7(6)17/h1-4,8,19H,5,18H2. The molecule has 1 aliphatic rings. The Morgan fingerprint density at radius 1 is 1.25 bits per heavy atom. The molecular weight excluding hydrogens is 269 g/mol. The van der Waals surface area contributed by atoms with Gasteiger partial charge in [0.2, 0.25) is 0 Å². The van der Waals surface area contributed by atoms with Gasteiger partial charge >= 0.3 is 0 Å². The Kier molecular flexibility index (Phi) is 3.69. The van der Waals surface area contributed by atoms with Crippen molar-refractivity contribution >= 4 is 48.8 Å². The summed E-state index contributed by atoms with van der Waals surface area (Å²) >= 11 is 6.07. The van der Waals surface area contributed by atoms with Crippen molar-refractivity contribution in [2.75, 3.05) is 0 Å². The topological polar surface area (TPSA) is 63.3 Å². The van der Waals surface area contributed by atoms with E-state index < -0.39 is 27.9 Å². The summed E-state index contributed by atoms with van der Waals surface area (Å²) in [7, 11) is 23.7. The van der Waals surface area contributed by atoms with E-state index in [1.807, 2.05) is 0 Å². The number of aliphatic hydroxyl groups excluding tert-OH is 1. The van der Waals surface area contributed by atoms with Crippen molar-refractivity contribution in [2.45, 2.75) is 28.5 Å². The maximum Gasteiger partial charge on any atom is 0.184 e. The highest BCUT2D eigenvalue weighted by Crippen LogP contribution is 2.60. The summed E-state index contributed by atoms with van der Waals surface area (Å²) in [5.74, 6) is -0.762. The first-order valence-corrected chi connectivity index (χ1v) is 6.35. The van der Waals surface area contributed by atoms with Gasteiger partial charge in [0, 0.05) is 5.02 Å². The number of aliphatic hydroxyl groups is 1. The predicted molar refractivity (Wildman–Crippen MR) is 81.4 cm³/mol. The van der Waals surface area contributed by atoms with E-state index in [1.54, 1.807) is 12.1 Å². The molecule has 1 aromatic rings. The molecule has 8 radical (unpaired) electrons. The maximum atomic E-state index is 12.4. The summed E-state index contributed by atoms with van der Waals surface area (Å²) in [5, 5.41) is 6.35. The molecule has 2 atom stereocenters. The summed E-state index contributed by atoms with van der Waals surface area (Å²) in [4.78, 5) is 12.4. The SMILES string of the molecule is [B]C1([B])CC(O)C(=O)C(N)(c2ccccc2Cl)C1([B])[B]. The van der Waals surface area contributed by atoms with Gasteiger partial charge in [-0.3, -0.25) is 4.79 Å². The van der Waals surface area contributed by atoms with Gasteiger partial charge in [0.25, 0.3) is 0 Å². The van der Waals surface area contributed by atoms with Crippen molar-refractivity contribution < 1.29 is 9.90 Å². The van der Waals surface area contributed by atoms with Crippen LogP contribution in [0.25, 0.3) is 0 Å². The number of carbonyl (C=O) groups excluding carboxylic acids is 1. The Morgan fingerprint density at radius 2 is 1.80 bits per heavy atom. The lowest BCUT2D eigenvalue weighted by Crippen LogP contribution is -2.66. The summed E-state index contributed by atoms with van der Waals surface area (Å²) in [6, 6.07) is 6.31. The molecule has 1 saturated carbocycles. The fourth-order valence-corrected chi connectivity index (χ4v) is 2.84. The first-order chi connectivity index (χ1) is 9.05. The molecular formula is C12H10B4ClNO2. The third-order valence-electron chi connectivity index (χ3n) is 3.94. The fourth-order valence-electron chi connectivity index (χ4n) is 2.55. The van der Waals surface area contributed by atoms with Crippen LogP contribution in [0.1, 0.15) is 12.0 Å². The second-order valence-electron chi connectivity index (χ2n) is 5.28. The van der Waals surface area contributed by atoms with E-state index in [4.69, 9.17) is 48.7 Å². The Balaban J connectivity index is 2.73.